The lowest BCUT2D eigenvalue weighted by atomic mass is 10.2. The number of carbonyl (C=O) groups excluding carboxylic acids is 1. The molecule has 1 aromatic heterocycles. The monoisotopic (exact) mass is 446 g/mol. The zero-order valence-corrected chi connectivity index (χ0v) is 19.2. The maximum atomic E-state index is 13.1. The lowest BCUT2D eigenvalue weighted by Crippen LogP contribution is -2.50. The number of benzene rings is 2. The molecule has 0 atom stereocenters. The highest BCUT2D eigenvalue weighted by atomic mass is 32.1. The fourth-order valence-corrected chi connectivity index (χ4v) is 5.11. The quantitative estimate of drug-likeness (QED) is 0.522. The van der Waals surface area contributed by atoms with Crippen LogP contribution in [0.25, 0.3) is 10.6 Å². The van der Waals surface area contributed by atoms with E-state index in [4.69, 9.17) is 4.98 Å². The van der Waals surface area contributed by atoms with Gasteiger partial charge in [-0.05, 0) is 18.4 Å². The third-order valence-electron chi connectivity index (χ3n) is 6.29. The van der Waals surface area contributed by atoms with Gasteiger partial charge in [0.25, 0.3) is 0 Å². The van der Waals surface area contributed by atoms with Crippen LogP contribution in [0.1, 0.15) is 24.1 Å². The van der Waals surface area contributed by atoms with Crippen molar-refractivity contribution in [1.29, 1.82) is 0 Å². The van der Waals surface area contributed by atoms with E-state index in [1.807, 2.05) is 12.1 Å². The van der Waals surface area contributed by atoms with Crippen molar-refractivity contribution >= 4 is 17.2 Å². The molecule has 32 heavy (non-hydrogen) atoms. The number of aromatic nitrogens is 1. The van der Waals surface area contributed by atoms with E-state index >= 15 is 0 Å². The molecule has 2 aliphatic rings. The minimum atomic E-state index is 0.275. The van der Waals surface area contributed by atoms with Crippen molar-refractivity contribution in [1.82, 2.24) is 19.7 Å². The predicted octanol–water partition coefficient (Wildman–Crippen LogP) is 4.12. The standard InChI is InChI=1S/C26H30N4OS/c31-25(30(24-11-12-24)17-21-7-3-1-4-8-21)19-29-15-13-28(14-16-29)18-23-20-32-26(27-23)22-9-5-2-6-10-22/h1-10,20,24H,11-19H2. The molecule has 1 saturated heterocycles. The summed E-state index contributed by atoms with van der Waals surface area (Å²) in [5.74, 6) is 0.275. The van der Waals surface area contributed by atoms with Crippen molar-refractivity contribution in [2.45, 2.75) is 32.0 Å². The van der Waals surface area contributed by atoms with Gasteiger partial charge in [0.05, 0.1) is 12.2 Å². The van der Waals surface area contributed by atoms with E-state index < -0.39 is 0 Å². The first kappa shape index (κ1) is 21.3. The minimum Gasteiger partial charge on any atom is -0.334 e. The molecule has 0 radical (unpaired) electrons. The molecular formula is C26H30N4OS. The Balaban J connectivity index is 1.11. The Kier molecular flexibility index (Phi) is 6.62. The molecule has 0 spiro atoms. The van der Waals surface area contributed by atoms with Crippen molar-refractivity contribution in [2.24, 2.45) is 0 Å². The topological polar surface area (TPSA) is 39.7 Å². The summed E-state index contributed by atoms with van der Waals surface area (Å²) in [5.41, 5.74) is 3.54. The van der Waals surface area contributed by atoms with Crippen molar-refractivity contribution in [3.63, 3.8) is 0 Å². The molecule has 0 bridgehead atoms. The first-order chi connectivity index (χ1) is 15.7. The van der Waals surface area contributed by atoms with Gasteiger partial charge in [-0.25, -0.2) is 4.98 Å². The Hall–Kier alpha value is -2.54. The Morgan fingerprint density at radius 2 is 1.59 bits per heavy atom. The number of hydrogen-bond donors (Lipinski definition) is 0. The third-order valence-corrected chi connectivity index (χ3v) is 7.23. The molecule has 5 rings (SSSR count). The number of hydrogen-bond acceptors (Lipinski definition) is 5. The van der Waals surface area contributed by atoms with Gasteiger partial charge in [-0.15, -0.1) is 11.3 Å². The summed E-state index contributed by atoms with van der Waals surface area (Å²) in [7, 11) is 0. The van der Waals surface area contributed by atoms with Gasteiger partial charge in [0.1, 0.15) is 5.01 Å². The molecule has 6 heteroatoms. The van der Waals surface area contributed by atoms with E-state index in [1.165, 1.54) is 11.1 Å². The van der Waals surface area contributed by atoms with Crippen LogP contribution in [0.15, 0.2) is 66.0 Å². The minimum absolute atomic E-state index is 0.275. The number of nitrogens with zero attached hydrogens (tertiary/aromatic N) is 4. The Morgan fingerprint density at radius 3 is 2.28 bits per heavy atom. The van der Waals surface area contributed by atoms with E-state index in [9.17, 15) is 4.79 Å². The molecule has 2 aromatic carbocycles. The van der Waals surface area contributed by atoms with Gasteiger partial charge in [0, 0.05) is 56.3 Å². The van der Waals surface area contributed by atoms with E-state index in [-0.39, 0.29) is 5.91 Å². The van der Waals surface area contributed by atoms with Gasteiger partial charge < -0.3 is 4.90 Å². The zero-order chi connectivity index (χ0) is 21.8. The smallest absolute Gasteiger partial charge is 0.237 e. The highest BCUT2D eigenvalue weighted by Crippen LogP contribution is 2.29. The van der Waals surface area contributed by atoms with Crippen LogP contribution in [-0.2, 0) is 17.9 Å². The maximum Gasteiger partial charge on any atom is 0.237 e. The fraction of sp³-hybridized carbons (Fsp3) is 0.385. The highest BCUT2D eigenvalue weighted by Gasteiger charge is 2.33. The van der Waals surface area contributed by atoms with Crippen molar-refractivity contribution < 1.29 is 4.79 Å². The number of thiazole rings is 1. The normalized spacial score (nSPS) is 17.4. The summed E-state index contributed by atoms with van der Waals surface area (Å²) < 4.78 is 0. The van der Waals surface area contributed by atoms with Crippen LogP contribution in [-0.4, -0.2) is 64.4 Å². The van der Waals surface area contributed by atoms with Gasteiger partial charge in [0.15, 0.2) is 0 Å². The first-order valence-corrected chi connectivity index (χ1v) is 12.4. The molecule has 2 heterocycles. The lowest BCUT2D eigenvalue weighted by molar-refractivity contribution is -0.134. The van der Waals surface area contributed by atoms with Crippen LogP contribution < -0.4 is 0 Å². The van der Waals surface area contributed by atoms with E-state index in [0.29, 0.717) is 12.6 Å². The zero-order valence-electron chi connectivity index (χ0n) is 18.4. The highest BCUT2D eigenvalue weighted by molar-refractivity contribution is 7.13. The SMILES string of the molecule is O=C(CN1CCN(Cc2csc(-c3ccccc3)n2)CC1)N(Cc1ccccc1)C1CC1. The Morgan fingerprint density at radius 1 is 0.938 bits per heavy atom. The van der Waals surface area contributed by atoms with E-state index in [1.54, 1.807) is 11.3 Å². The third kappa shape index (κ3) is 5.44. The number of carbonyl (C=O) groups is 1. The summed E-state index contributed by atoms with van der Waals surface area (Å²) in [6, 6.07) is 21.2. The lowest BCUT2D eigenvalue weighted by Gasteiger charge is -2.35. The molecule has 1 saturated carbocycles. The molecule has 3 aromatic rings. The predicted molar refractivity (Wildman–Crippen MR) is 129 cm³/mol. The second kappa shape index (κ2) is 9.94. The van der Waals surface area contributed by atoms with Crippen LogP contribution in [0.5, 0.6) is 0 Å². The van der Waals surface area contributed by atoms with E-state index in [0.717, 1.165) is 62.8 Å². The largest absolute Gasteiger partial charge is 0.334 e. The fourth-order valence-electron chi connectivity index (χ4n) is 4.30. The van der Waals surface area contributed by atoms with Crippen LogP contribution in [0, 0.1) is 0 Å². The van der Waals surface area contributed by atoms with Crippen LogP contribution in [0.4, 0.5) is 0 Å². The number of piperazine rings is 1. The Labute approximate surface area is 194 Å². The summed E-state index contributed by atoms with van der Waals surface area (Å²) in [6.07, 6.45) is 2.29. The summed E-state index contributed by atoms with van der Waals surface area (Å²) in [4.78, 5) is 24.8. The molecule has 2 fully saturated rings. The van der Waals surface area contributed by atoms with Crippen LogP contribution in [0.3, 0.4) is 0 Å². The number of rotatable bonds is 8. The molecule has 166 valence electrons. The average Bonchev–Trinajstić information content (AvgIpc) is 3.57. The molecule has 1 aliphatic heterocycles. The Bertz CT molecular complexity index is 1010. The molecular weight excluding hydrogens is 416 g/mol. The second-order valence-corrected chi connectivity index (χ2v) is 9.66. The van der Waals surface area contributed by atoms with Crippen molar-refractivity contribution in [3.05, 3.63) is 77.3 Å². The maximum absolute atomic E-state index is 13.1. The van der Waals surface area contributed by atoms with Crippen LogP contribution in [0.2, 0.25) is 0 Å². The van der Waals surface area contributed by atoms with Gasteiger partial charge in [-0.3, -0.25) is 14.6 Å². The molecule has 1 aliphatic carbocycles. The van der Waals surface area contributed by atoms with Gasteiger partial charge in [-0.2, -0.15) is 0 Å². The summed E-state index contributed by atoms with van der Waals surface area (Å²) in [5, 5.41) is 3.26. The van der Waals surface area contributed by atoms with Crippen LogP contribution >= 0.6 is 11.3 Å². The van der Waals surface area contributed by atoms with Gasteiger partial charge >= 0.3 is 0 Å². The number of amides is 1. The van der Waals surface area contributed by atoms with Crippen molar-refractivity contribution in [2.75, 3.05) is 32.7 Å². The second-order valence-electron chi connectivity index (χ2n) is 8.80. The molecule has 1 amide bonds. The first-order valence-electron chi connectivity index (χ1n) is 11.5. The summed E-state index contributed by atoms with van der Waals surface area (Å²) >= 11 is 1.71. The summed E-state index contributed by atoms with van der Waals surface area (Å²) in [6.45, 7) is 5.98. The van der Waals surface area contributed by atoms with Gasteiger partial charge in [0.2, 0.25) is 5.91 Å². The van der Waals surface area contributed by atoms with Gasteiger partial charge in [-0.1, -0.05) is 60.7 Å². The molecule has 0 unspecified atom stereocenters. The molecule has 0 N–H and O–H groups in total. The average molecular weight is 447 g/mol. The molecule has 5 nitrogen and oxygen atoms in total. The van der Waals surface area contributed by atoms with Crippen molar-refractivity contribution in [3.8, 4) is 10.6 Å². The van der Waals surface area contributed by atoms with E-state index in [2.05, 4.69) is 68.6 Å².